The molecule has 2 rings (SSSR count). The third kappa shape index (κ3) is 4.15. The third-order valence-electron chi connectivity index (χ3n) is 4.30. The van der Waals surface area contributed by atoms with Gasteiger partial charge in [0.25, 0.3) is 0 Å². The molecular weight excluding hydrogens is 344 g/mol. The molecular formula is C17H21ClN4O3. The van der Waals surface area contributed by atoms with Gasteiger partial charge in [-0.05, 0) is 25.1 Å². The fourth-order valence-electron chi connectivity index (χ4n) is 2.79. The van der Waals surface area contributed by atoms with Gasteiger partial charge >= 0.3 is 0 Å². The van der Waals surface area contributed by atoms with E-state index in [2.05, 4.69) is 6.19 Å². The number of hydrogen-bond acceptors (Lipinski definition) is 5. The van der Waals surface area contributed by atoms with Crippen molar-refractivity contribution in [2.45, 2.75) is 19.9 Å². The molecule has 1 fully saturated rings. The lowest BCUT2D eigenvalue weighted by atomic mass is 10.2. The van der Waals surface area contributed by atoms with Gasteiger partial charge in [0.05, 0.1) is 17.8 Å². The van der Waals surface area contributed by atoms with E-state index < -0.39 is 6.04 Å². The molecule has 1 unspecified atom stereocenters. The molecule has 1 heterocycles. The molecule has 0 aliphatic carbocycles. The number of benzene rings is 1. The zero-order valence-corrected chi connectivity index (χ0v) is 15.3. The fourth-order valence-corrected chi connectivity index (χ4v) is 3.04. The van der Waals surface area contributed by atoms with Gasteiger partial charge < -0.3 is 14.5 Å². The first-order valence-corrected chi connectivity index (χ1v) is 8.33. The van der Waals surface area contributed by atoms with Crippen molar-refractivity contribution in [3.8, 4) is 11.9 Å². The van der Waals surface area contributed by atoms with Gasteiger partial charge in [-0.25, -0.2) is 0 Å². The SMILES string of the molecule is COc1ccc(N(C#N)C(C)C(=O)N2CCN(C(C)=O)CC2)cc1Cl. The number of carbonyl (C=O) groups is 2. The summed E-state index contributed by atoms with van der Waals surface area (Å²) in [4.78, 5) is 28.8. The Labute approximate surface area is 152 Å². The Bertz CT molecular complexity index is 696. The minimum absolute atomic E-state index is 0.00618. The number of anilines is 1. The monoisotopic (exact) mass is 364 g/mol. The van der Waals surface area contributed by atoms with E-state index in [0.717, 1.165) is 0 Å². The molecule has 0 bridgehead atoms. The van der Waals surface area contributed by atoms with Crippen molar-refractivity contribution in [1.82, 2.24) is 9.80 Å². The van der Waals surface area contributed by atoms with Crippen molar-refractivity contribution in [2.75, 3.05) is 38.2 Å². The molecule has 134 valence electrons. The maximum absolute atomic E-state index is 12.7. The van der Waals surface area contributed by atoms with E-state index >= 15 is 0 Å². The molecule has 1 atom stereocenters. The number of nitriles is 1. The number of hydrogen-bond donors (Lipinski definition) is 0. The highest BCUT2D eigenvalue weighted by atomic mass is 35.5. The Hall–Kier alpha value is -2.46. The molecule has 1 aliphatic heterocycles. The maximum atomic E-state index is 12.7. The van der Waals surface area contributed by atoms with Crippen LogP contribution in [0.2, 0.25) is 5.02 Å². The number of piperazine rings is 1. The Morgan fingerprint density at radius 3 is 2.36 bits per heavy atom. The highest BCUT2D eigenvalue weighted by Gasteiger charge is 2.29. The largest absolute Gasteiger partial charge is 0.495 e. The normalized spacial score (nSPS) is 15.3. The summed E-state index contributed by atoms with van der Waals surface area (Å²) in [6.45, 7) is 5.15. The first-order chi connectivity index (χ1) is 11.9. The summed E-state index contributed by atoms with van der Waals surface area (Å²) in [6.07, 6.45) is 2.05. The van der Waals surface area contributed by atoms with Crippen LogP contribution in [-0.4, -0.2) is 60.9 Å². The highest BCUT2D eigenvalue weighted by molar-refractivity contribution is 6.32. The van der Waals surface area contributed by atoms with Gasteiger partial charge in [0.1, 0.15) is 11.8 Å². The van der Waals surface area contributed by atoms with Crippen LogP contribution in [0.1, 0.15) is 13.8 Å². The second-order valence-electron chi connectivity index (χ2n) is 5.80. The maximum Gasteiger partial charge on any atom is 0.246 e. The number of rotatable bonds is 4. The second kappa shape index (κ2) is 8.08. The standard InChI is InChI=1S/C17H21ClN4O3/c1-12(17(24)21-8-6-20(7-9-21)13(2)23)22(11-19)14-4-5-16(25-3)15(18)10-14/h4-5,10,12H,6-9H2,1-3H3. The van der Waals surface area contributed by atoms with E-state index in [0.29, 0.717) is 42.6 Å². The first kappa shape index (κ1) is 18.9. The molecule has 0 spiro atoms. The first-order valence-electron chi connectivity index (χ1n) is 7.95. The number of carbonyl (C=O) groups excluding carboxylic acids is 2. The van der Waals surface area contributed by atoms with Gasteiger partial charge in [-0.1, -0.05) is 11.6 Å². The zero-order valence-electron chi connectivity index (χ0n) is 14.5. The number of amides is 2. The molecule has 2 amide bonds. The Kier molecular flexibility index (Phi) is 6.10. The molecule has 25 heavy (non-hydrogen) atoms. The van der Waals surface area contributed by atoms with Crippen molar-refractivity contribution in [2.24, 2.45) is 0 Å². The quantitative estimate of drug-likeness (QED) is 0.600. The van der Waals surface area contributed by atoms with E-state index in [9.17, 15) is 14.9 Å². The molecule has 0 aromatic heterocycles. The Morgan fingerprint density at radius 2 is 1.88 bits per heavy atom. The molecule has 8 heteroatoms. The Morgan fingerprint density at radius 1 is 1.28 bits per heavy atom. The van der Waals surface area contributed by atoms with Crippen LogP contribution in [0.5, 0.6) is 5.75 Å². The van der Waals surface area contributed by atoms with Crippen LogP contribution in [0.4, 0.5) is 5.69 Å². The van der Waals surface area contributed by atoms with Crippen LogP contribution < -0.4 is 9.64 Å². The van der Waals surface area contributed by atoms with E-state index in [1.807, 2.05) is 0 Å². The van der Waals surface area contributed by atoms with Crippen LogP contribution in [0, 0.1) is 11.5 Å². The van der Waals surface area contributed by atoms with Gasteiger partial charge in [-0.2, -0.15) is 5.26 Å². The Balaban J connectivity index is 2.10. The minimum Gasteiger partial charge on any atom is -0.495 e. The van der Waals surface area contributed by atoms with Crippen LogP contribution in [-0.2, 0) is 9.59 Å². The van der Waals surface area contributed by atoms with Gasteiger partial charge in [0.2, 0.25) is 11.8 Å². The fraction of sp³-hybridized carbons (Fsp3) is 0.471. The average molecular weight is 365 g/mol. The van der Waals surface area contributed by atoms with Crippen LogP contribution >= 0.6 is 11.6 Å². The van der Waals surface area contributed by atoms with E-state index in [-0.39, 0.29) is 11.8 Å². The lowest BCUT2D eigenvalue weighted by Gasteiger charge is -2.36. The topological polar surface area (TPSA) is 76.9 Å². The molecule has 1 aromatic carbocycles. The van der Waals surface area contributed by atoms with Crippen molar-refractivity contribution in [3.63, 3.8) is 0 Å². The average Bonchev–Trinajstić information content (AvgIpc) is 2.61. The van der Waals surface area contributed by atoms with Crippen molar-refractivity contribution >= 4 is 29.1 Å². The third-order valence-corrected chi connectivity index (χ3v) is 4.60. The lowest BCUT2D eigenvalue weighted by molar-refractivity contribution is -0.138. The molecule has 1 aliphatic rings. The van der Waals surface area contributed by atoms with Crippen LogP contribution in [0.15, 0.2) is 18.2 Å². The van der Waals surface area contributed by atoms with Crippen molar-refractivity contribution in [1.29, 1.82) is 5.26 Å². The molecule has 1 aromatic rings. The van der Waals surface area contributed by atoms with E-state index in [1.54, 1.807) is 34.9 Å². The van der Waals surface area contributed by atoms with Gasteiger partial charge in [0, 0.05) is 33.1 Å². The molecule has 0 radical (unpaired) electrons. The summed E-state index contributed by atoms with van der Waals surface area (Å²) in [5.74, 6) is 0.353. The summed E-state index contributed by atoms with van der Waals surface area (Å²) in [7, 11) is 1.51. The molecule has 0 N–H and O–H groups in total. The second-order valence-corrected chi connectivity index (χ2v) is 6.20. The smallest absolute Gasteiger partial charge is 0.246 e. The van der Waals surface area contributed by atoms with Gasteiger partial charge in [-0.15, -0.1) is 0 Å². The highest BCUT2D eigenvalue weighted by Crippen LogP contribution is 2.30. The lowest BCUT2D eigenvalue weighted by Crippen LogP contribution is -2.54. The number of methoxy groups -OCH3 is 1. The van der Waals surface area contributed by atoms with Crippen LogP contribution in [0.25, 0.3) is 0 Å². The summed E-state index contributed by atoms with van der Waals surface area (Å²) in [5.41, 5.74) is 0.525. The molecule has 7 nitrogen and oxygen atoms in total. The minimum atomic E-state index is -0.668. The summed E-state index contributed by atoms with van der Waals surface area (Å²) < 4.78 is 5.11. The van der Waals surface area contributed by atoms with Gasteiger partial charge in [0.15, 0.2) is 6.19 Å². The summed E-state index contributed by atoms with van der Waals surface area (Å²) in [6, 6.07) is 4.27. The van der Waals surface area contributed by atoms with Crippen LogP contribution in [0.3, 0.4) is 0 Å². The van der Waals surface area contributed by atoms with Gasteiger partial charge in [-0.3, -0.25) is 14.5 Å². The molecule has 1 saturated heterocycles. The van der Waals surface area contributed by atoms with Crippen molar-refractivity contribution in [3.05, 3.63) is 23.2 Å². The number of nitrogens with zero attached hydrogens (tertiary/aromatic N) is 4. The predicted molar refractivity (Wildman–Crippen MR) is 94.4 cm³/mol. The van der Waals surface area contributed by atoms with Crippen molar-refractivity contribution < 1.29 is 14.3 Å². The number of ether oxygens (including phenoxy) is 1. The van der Waals surface area contributed by atoms with E-state index in [4.69, 9.17) is 16.3 Å². The zero-order chi connectivity index (χ0) is 18.6. The van der Waals surface area contributed by atoms with E-state index in [1.165, 1.54) is 18.9 Å². The summed E-state index contributed by atoms with van der Waals surface area (Å²) in [5, 5.41) is 9.88. The molecule has 0 saturated carbocycles. The summed E-state index contributed by atoms with van der Waals surface area (Å²) >= 11 is 6.12. The predicted octanol–water partition coefficient (Wildman–Crippen LogP) is 1.72. The number of halogens is 1.